The molecule has 0 N–H and O–H groups in total. The van der Waals surface area contributed by atoms with Crippen LogP contribution in [0, 0.1) is 11.6 Å². The molecule has 37 heavy (non-hydrogen) atoms. The summed E-state index contributed by atoms with van der Waals surface area (Å²) in [5.74, 6) is 0.756. The fraction of sp³-hybridized carbons (Fsp3) is 0.370. The maximum Gasteiger partial charge on any atom is 0.253 e. The average Bonchev–Trinajstić information content (AvgIpc) is 3.39. The van der Waals surface area contributed by atoms with Gasteiger partial charge in [-0.3, -0.25) is 4.79 Å². The molecule has 0 bridgehead atoms. The first-order chi connectivity index (χ1) is 17.7. The van der Waals surface area contributed by atoms with Gasteiger partial charge in [0.15, 0.2) is 5.82 Å². The van der Waals surface area contributed by atoms with Crippen molar-refractivity contribution in [2.75, 3.05) is 32.1 Å². The van der Waals surface area contributed by atoms with Crippen LogP contribution >= 0.6 is 0 Å². The number of piperidine rings is 1. The largest absolute Gasteiger partial charge is 0.356 e. The molecule has 5 rings (SSSR count). The Morgan fingerprint density at radius 2 is 1.78 bits per heavy atom. The molecule has 0 aliphatic carbocycles. The van der Waals surface area contributed by atoms with Crippen LogP contribution in [0.25, 0.3) is 22.0 Å². The van der Waals surface area contributed by atoms with E-state index in [-0.39, 0.29) is 34.3 Å². The van der Waals surface area contributed by atoms with Gasteiger partial charge in [0.25, 0.3) is 5.91 Å². The van der Waals surface area contributed by atoms with E-state index in [9.17, 15) is 4.79 Å². The first-order valence-corrected chi connectivity index (χ1v) is 12.3. The van der Waals surface area contributed by atoms with E-state index >= 15 is 8.78 Å². The Morgan fingerprint density at radius 1 is 1.05 bits per heavy atom. The number of anilines is 1. The zero-order valence-corrected chi connectivity index (χ0v) is 21.2. The van der Waals surface area contributed by atoms with Gasteiger partial charge < -0.3 is 14.3 Å². The van der Waals surface area contributed by atoms with Crippen molar-refractivity contribution < 1.29 is 18.1 Å². The number of halogens is 2. The van der Waals surface area contributed by atoms with E-state index < -0.39 is 11.6 Å². The first kappa shape index (κ1) is 24.7. The quantitative estimate of drug-likeness (QED) is 0.369. The fourth-order valence-corrected chi connectivity index (χ4v) is 4.69. The summed E-state index contributed by atoms with van der Waals surface area (Å²) in [7, 11) is 3.21. The Bertz CT molecular complexity index is 1460. The molecule has 1 amide bonds. The molecule has 10 heteroatoms. The molecular formula is C27H28F2N6O2. The van der Waals surface area contributed by atoms with Crippen molar-refractivity contribution in [3.05, 3.63) is 65.6 Å². The highest BCUT2D eigenvalue weighted by Gasteiger charge is 2.28. The number of fused-ring (bicyclic) bond motifs is 1. The number of carbonyl (C=O) groups excluding carboxylic acids is 1. The van der Waals surface area contributed by atoms with Crippen molar-refractivity contribution in [1.29, 1.82) is 0 Å². The molecule has 192 valence electrons. The zero-order chi connectivity index (χ0) is 26.3. The van der Waals surface area contributed by atoms with Crippen LogP contribution in [0.15, 0.2) is 41.2 Å². The molecule has 0 radical (unpaired) electrons. The lowest BCUT2D eigenvalue weighted by atomic mass is 9.96. The minimum Gasteiger partial charge on any atom is -0.356 e. The molecule has 0 unspecified atom stereocenters. The molecule has 0 atom stereocenters. The van der Waals surface area contributed by atoms with Crippen LogP contribution in [0.4, 0.5) is 14.6 Å². The molecular weight excluding hydrogens is 478 g/mol. The van der Waals surface area contributed by atoms with Gasteiger partial charge in [-0.2, -0.15) is 4.98 Å². The smallest absolute Gasteiger partial charge is 0.253 e. The molecule has 1 fully saturated rings. The summed E-state index contributed by atoms with van der Waals surface area (Å²) in [4.78, 5) is 28.9. The molecule has 3 heterocycles. The lowest BCUT2D eigenvalue weighted by Crippen LogP contribution is -2.34. The highest BCUT2D eigenvalue weighted by molar-refractivity contribution is 6.00. The molecule has 1 aliphatic heterocycles. The topological polar surface area (TPSA) is 88.2 Å². The third-order valence-electron chi connectivity index (χ3n) is 6.75. The predicted molar refractivity (Wildman–Crippen MR) is 135 cm³/mol. The van der Waals surface area contributed by atoms with Gasteiger partial charge >= 0.3 is 0 Å². The van der Waals surface area contributed by atoms with Crippen molar-refractivity contribution in [2.24, 2.45) is 0 Å². The van der Waals surface area contributed by atoms with Gasteiger partial charge in [-0.1, -0.05) is 25.1 Å². The van der Waals surface area contributed by atoms with E-state index in [2.05, 4.69) is 20.1 Å². The second-order valence-electron chi connectivity index (χ2n) is 9.82. The Labute approximate surface area is 213 Å². The Kier molecular flexibility index (Phi) is 6.57. The number of hydrogen-bond acceptors (Lipinski definition) is 7. The highest BCUT2D eigenvalue weighted by Crippen LogP contribution is 2.37. The molecule has 1 saturated heterocycles. The average molecular weight is 507 g/mol. The SMILES string of the molecule is CC(C)c1noc(C2CCN(c3ncnc4c(-c5ccc(C(=O)N(C)C)cc5F)ccc(F)c34)CC2)n1. The Morgan fingerprint density at radius 3 is 2.43 bits per heavy atom. The van der Waals surface area contributed by atoms with E-state index in [0.29, 0.717) is 41.7 Å². The van der Waals surface area contributed by atoms with Crippen LogP contribution < -0.4 is 4.90 Å². The summed E-state index contributed by atoms with van der Waals surface area (Å²) in [6.45, 7) is 5.28. The van der Waals surface area contributed by atoms with Crippen LogP contribution in [0.3, 0.4) is 0 Å². The maximum atomic E-state index is 15.2. The number of benzene rings is 2. The van der Waals surface area contributed by atoms with Gasteiger partial charge in [-0.25, -0.2) is 18.7 Å². The third kappa shape index (κ3) is 4.63. The van der Waals surface area contributed by atoms with Crippen molar-refractivity contribution >= 4 is 22.6 Å². The van der Waals surface area contributed by atoms with Crippen LogP contribution in [0.5, 0.6) is 0 Å². The lowest BCUT2D eigenvalue weighted by Gasteiger charge is -2.32. The summed E-state index contributed by atoms with van der Waals surface area (Å²) in [5, 5.41) is 4.31. The molecule has 1 aliphatic rings. The molecule has 0 spiro atoms. The number of carbonyl (C=O) groups is 1. The van der Waals surface area contributed by atoms with E-state index in [1.807, 2.05) is 18.7 Å². The highest BCUT2D eigenvalue weighted by atomic mass is 19.1. The van der Waals surface area contributed by atoms with E-state index in [1.54, 1.807) is 20.2 Å². The fourth-order valence-electron chi connectivity index (χ4n) is 4.69. The van der Waals surface area contributed by atoms with Gasteiger partial charge in [0, 0.05) is 55.7 Å². The summed E-state index contributed by atoms with van der Waals surface area (Å²) in [6, 6.07) is 7.10. The minimum absolute atomic E-state index is 0.127. The summed E-state index contributed by atoms with van der Waals surface area (Å²) in [5.41, 5.74) is 1.22. The van der Waals surface area contributed by atoms with Gasteiger partial charge in [0.1, 0.15) is 23.8 Å². The van der Waals surface area contributed by atoms with E-state index in [4.69, 9.17) is 4.52 Å². The van der Waals surface area contributed by atoms with Crippen molar-refractivity contribution in [1.82, 2.24) is 25.0 Å². The van der Waals surface area contributed by atoms with Gasteiger partial charge in [0.2, 0.25) is 5.89 Å². The molecule has 2 aromatic heterocycles. The standard InChI is InChI=1S/C27H28F2N6O2/c1-15(2)24-32-26(37-33-24)16-9-11-35(12-10-16)25-22-20(28)8-7-19(23(22)30-14-31-25)18-6-5-17(13-21(18)29)27(36)34(3)4/h5-8,13-16H,9-12H2,1-4H3. The summed E-state index contributed by atoms with van der Waals surface area (Å²) in [6.07, 6.45) is 2.88. The minimum atomic E-state index is -0.582. The monoisotopic (exact) mass is 506 g/mol. The van der Waals surface area contributed by atoms with Crippen LogP contribution in [-0.4, -0.2) is 58.1 Å². The zero-order valence-electron chi connectivity index (χ0n) is 21.2. The summed E-state index contributed by atoms with van der Waals surface area (Å²) < 4.78 is 35.8. The Hall–Kier alpha value is -3.95. The summed E-state index contributed by atoms with van der Waals surface area (Å²) >= 11 is 0. The van der Waals surface area contributed by atoms with Crippen LogP contribution in [0.2, 0.25) is 0 Å². The number of rotatable bonds is 5. The molecule has 8 nitrogen and oxygen atoms in total. The number of aromatic nitrogens is 4. The second kappa shape index (κ2) is 9.84. The van der Waals surface area contributed by atoms with Gasteiger partial charge in [0.05, 0.1) is 10.9 Å². The van der Waals surface area contributed by atoms with Crippen LogP contribution in [0.1, 0.15) is 60.6 Å². The van der Waals surface area contributed by atoms with E-state index in [1.165, 1.54) is 35.5 Å². The van der Waals surface area contributed by atoms with Gasteiger partial charge in [-0.15, -0.1) is 0 Å². The van der Waals surface area contributed by atoms with Crippen molar-refractivity contribution in [3.63, 3.8) is 0 Å². The lowest BCUT2D eigenvalue weighted by molar-refractivity contribution is 0.0827. The van der Waals surface area contributed by atoms with Crippen molar-refractivity contribution in [3.8, 4) is 11.1 Å². The van der Waals surface area contributed by atoms with Crippen LogP contribution in [-0.2, 0) is 0 Å². The Balaban J connectivity index is 1.46. The van der Waals surface area contributed by atoms with Crippen molar-refractivity contribution in [2.45, 2.75) is 38.5 Å². The molecule has 0 saturated carbocycles. The predicted octanol–water partition coefficient (Wildman–Crippen LogP) is 5.17. The third-order valence-corrected chi connectivity index (χ3v) is 6.75. The first-order valence-electron chi connectivity index (χ1n) is 12.3. The number of amides is 1. The molecule has 4 aromatic rings. The second-order valence-corrected chi connectivity index (χ2v) is 9.82. The number of hydrogen-bond donors (Lipinski definition) is 0. The normalized spacial score (nSPS) is 14.5. The van der Waals surface area contributed by atoms with E-state index in [0.717, 1.165) is 12.8 Å². The number of nitrogens with zero attached hydrogens (tertiary/aromatic N) is 6. The van der Waals surface area contributed by atoms with Gasteiger partial charge in [-0.05, 0) is 37.1 Å². The maximum absolute atomic E-state index is 15.2. The molecule has 2 aromatic carbocycles.